The summed E-state index contributed by atoms with van der Waals surface area (Å²) in [6, 6.07) is 25.1. The van der Waals surface area contributed by atoms with E-state index in [0.717, 1.165) is 28.1 Å². The molecule has 0 amide bonds. The number of nitrogens with zero attached hydrogens (tertiary/aromatic N) is 1. The van der Waals surface area contributed by atoms with Gasteiger partial charge in [0.05, 0.1) is 28.4 Å². The molecule has 0 aromatic heterocycles. The normalized spacial score (nSPS) is 10.5. The molecule has 0 atom stereocenters. The summed E-state index contributed by atoms with van der Waals surface area (Å²) in [6.07, 6.45) is 0. The second-order valence-electron chi connectivity index (χ2n) is 9.51. The van der Waals surface area contributed by atoms with E-state index in [0.29, 0.717) is 54.3 Å². The zero-order chi connectivity index (χ0) is 29.2. The lowest BCUT2D eigenvalue weighted by atomic mass is 10.2. The first-order valence-corrected chi connectivity index (χ1v) is 13.1. The summed E-state index contributed by atoms with van der Waals surface area (Å²) >= 11 is 0. The van der Waals surface area contributed by atoms with Gasteiger partial charge in [0.1, 0.15) is 60.1 Å². The molecule has 0 bridgehead atoms. The third-order valence-corrected chi connectivity index (χ3v) is 6.31. The molecule has 0 spiro atoms. The van der Waals surface area contributed by atoms with Gasteiger partial charge >= 0.3 is 0 Å². The van der Waals surface area contributed by atoms with Crippen molar-refractivity contribution in [3.8, 4) is 40.2 Å². The van der Waals surface area contributed by atoms with Crippen molar-refractivity contribution in [2.75, 3.05) is 47.4 Å². The van der Waals surface area contributed by atoms with Gasteiger partial charge in [-0.05, 0) is 65.2 Å². The maximum atomic E-state index is 6.21. The van der Waals surface area contributed by atoms with Crippen LogP contribution in [0.1, 0.15) is 16.7 Å². The Kier molecular flexibility index (Phi) is 10.0. The predicted molar refractivity (Wildman–Crippen MR) is 159 cm³/mol. The molecule has 4 rings (SSSR count). The van der Waals surface area contributed by atoms with Gasteiger partial charge in [-0.1, -0.05) is 6.07 Å². The number of anilines is 1. The van der Waals surface area contributed by atoms with Gasteiger partial charge < -0.3 is 38.1 Å². The number of benzene rings is 4. The summed E-state index contributed by atoms with van der Waals surface area (Å²) in [5, 5.41) is 0. The first-order valence-electron chi connectivity index (χ1n) is 13.1. The molecule has 4 aromatic carbocycles. The molecule has 0 unspecified atom stereocenters. The van der Waals surface area contributed by atoms with Gasteiger partial charge in [0.2, 0.25) is 0 Å². The van der Waals surface area contributed by atoms with Crippen LogP contribution >= 0.6 is 0 Å². The first kappa shape index (κ1) is 29.3. The second-order valence-corrected chi connectivity index (χ2v) is 9.51. The molecule has 8 heteroatoms. The standard InChI is InChI=1S/C33H37NO7/c1-34(2)26-8-7-9-27(16-26)39-20-25-14-32(40-21-23-10-28(35-3)17-29(11-23)36-4)19-33(15-25)41-22-24-12-30(37-5)18-31(13-24)38-6/h7-19H,20-22H2,1-6H3. The quantitative estimate of drug-likeness (QED) is 0.173. The van der Waals surface area contributed by atoms with Gasteiger partial charge in [0, 0.05) is 44.0 Å². The van der Waals surface area contributed by atoms with Crippen LogP contribution in [0.3, 0.4) is 0 Å². The van der Waals surface area contributed by atoms with Crippen LogP contribution in [0.25, 0.3) is 0 Å². The molecular formula is C33H37NO7. The molecule has 0 aliphatic rings. The summed E-state index contributed by atoms with van der Waals surface area (Å²) < 4.78 is 40.1. The zero-order valence-corrected chi connectivity index (χ0v) is 24.4. The summed E-state index contributed by atoms with van der Waals surface area (Å²) in [5.41, 5.74) is 3.79. The van der Waals surface area contributed by atoms with Crippen LogP contribution in [-0.4, -0.2) is 42.5 Å². The highest BCUT2D eigenvalue weighted by molar-refractivity contribution is 5.49. The van der Waals surface area contributed by atoms with E-state index in [9.17, 15) is 0 Å². The van der Waals surface area contributed by atoms with Crippen molar-refractivity contribution in [3.63, 3.8) is 0 Å². The van der Waals surface area contributed by atoms with Gasteiger partial charge in [-0.3, -0.25) is 0 Å². The topological polar surface area (TPSA) is 67.9 Å². The maximum absolute atomic E-state index is 6.21. The van der Waals surface area contributed by atoms with E-state index in [1.165, 1.54) is 0 Å². The Morgan fingerprint density at radius 1 is 0.439 bits per heavy atom. The lowest BCUT2D eigenvalue weighted by molar-refractivity contribution is 0.280. The maximum Gasteiger partial charge on any atom is 0.123 e. The Morgan fingerprint density at radius 3 is 1.20 bits per heavy atom. The fourth-order valence-electron chi connectivity index (χ4n) is 4.13. The molecule has 216 valence electrons. The molecule has 0 aliphatic carbocycles. The van der Waals surface area contributed by atoms with E-state index in [-0.39, 0.29) is 0 Å². The van der Waals surface area contributed by atoms with E-state index in [2.05, 4.69) is 0 Å². The van der Waals surface area contributed by atoms with Crippen molar-refractivity contribution < 1.29 is 33.2 Å². The molecule has 41 heavy (non-hydrogen) atoms. The van der Waals surface area contributed by atoms with Crippen molar-refractivity contribution in [3.05, 3.63) is 95.6 Å². The Labute approximate surface area is 241 Å². The lowest BCUT2D eigenvalue weighted by Gasteiger charge is -2.16. The molecule has 0 aliphatic heterocycles. The number of rotatable bonds is 14. The Hall–Kier alpha value is -4.72. The minimum Gasteiger partial charge on any atom is -0.497 e. The molecular weight excluding hydrogens is 522 g/mol. The van der Waals surface area contributed by atoms with Crippen molar-refractivity contribution in [1.29, 1.82) is 0 Å². The van der Waals surface area contributed by atoms with Gasteiger partial charge in [-0.15, -0.1) is 0 Å². The molecule has 0 radical (unpaired) electrons. The van der Waals surface area contributed by atoms with E-state index >= 15 is 0 Å². The van der Waals surface area contributed by atoms with Gasteiger partial charge in [-0.25, -0.2) is 0 Å². The van der Waals surface area contributed by atoms with Gasteiger partial charge in [0.25, 0.3) is 0 Å². The average molecular weight is 560 g/mol. The van der Waals surface area contributed by atoms with Crippen LogP contribution in [-0.2, 0) is 19.8 Å². The molecule has 0 fully saturated rings. The van der Waals surface area contributed by atoms with E-state index in [4.69, 9.17) is 33.2 Å². The van der Waals surface area contributed by atoms with Crippen LogP contribution in [0.4, 0.5) is 5.69 Å². The number of methoxy groups -OCH3 is 4. The second kappa shape index (κ2) is 14.1. The fraction of sp³-hybridized carbons (Fsp3) is 0.273. The molecule has 8 nitrogen and oxygen atoms in total. The Bertz CT molecular complexity index is 1320. The van der Waals surface area contributed by atoms with Gasteiger partial charge in [0.15, 0.2) is 0 Å². The number of hydrogen-bond donors (Lipinski definition) is 0. The van der Waals surface area contributed by atoms with Crippen LogP contribution in [0.2, 0.25) is 0 Å². The smallest absolute Gasteiger partial charge is 0.123 e. The summed E-state index contributed by atoms with van der Waals surface area (Å²) in [6.45, 7) is 0.967. The van der Waals surface area contributed by atoms with E-state index in [1.807, 2.05) is 97.9 Å². The Balaban J connectivity index is 1.55. The van der Waals surface area contributed by atoms with Crippen LogP contribution in [0.5, 0.6) is 40.2 Å². The molecule has 0 N–H and O–H groups in total. The van der Waals surface area contributed by atoms with E-state index < -0.39 is 0 Å². The van der Waals surface area contributed by atoms with Crippen LogP contribution in [0, 0.1) is 0 Å². The first-order chi connectivity index (χ1) is 19.9. The summed E-state index contributed by atoms with van der Waals surface area (Å²) in [7, 11) is 10.5. The molecule has 0 saturated carbocycles. The summed E-state index contributed by atoms with van der Waals surface area (Å²) in [5.74, 6) is 4.86. The van der Waals surface area contributed by atoms with Crippen molar-refractivity contribution in [2.24, 2.45) is 0 Å². The number of hydrogen-bond acceptors (Lipinski definition) is 8. The third-order valence-electron chi connectivity index (χ3n) is 6.31. The van der Waals surface area contributed by atoms with Gasteiger partial charge in [-0.2, -0.15) is 0 Å². The largest absolute Gasteiger partial charge is 0.497 e. The SMILES string of the molecule is COc1cc(COc2cc(COc3cccc(N(C)C)c3)cc(OCc3cc(OC)cc(OC)c3)c2)cc(OC)c1. The van der Waals surface area contributed by atoms with Crippen LogP contribution < -0.4 is 38.1 Å². The van der Waals surface area contributed by atoms with Crippen molar-refractivity contribution in [2.45, 2.75) is 19.8 Å². The van der Waals surface area contributed by atoms with Crippen molar-refractivity contribution in [1.82, 2.24) is 0 Å². The van der Waals surface area contributed by atoms with E-state index in [1.54, 1.807) is 28.4 Å². The molecule has 4 aromatic rings. The Morgan fingerprint density at radius 2 is 0.805 bits per heavy atom. The lowest BCUT2D eigenvalue weighted by Crippen LogP contribution is -2.08. The molecule has 0 saturated heterocycles. The highest BCUT2D eigenvalue weighted by atomic mass is 16.5. The predicted octanol–water partition coefficient (Wildman–Crippen LogP) is 6.52. The molecule has 0 heterocycles. The summed E-state index contributed by atoms with van der Waals surface area (Å²) in [4.78, 5) is 2.04. The zero-order valence-electron chi connectivity index (χ0n) is 24.4. The fourth-order valence-corrected chi connectivity index (χ4v) is 4.13. The third kappa shape index (κ3) is 8.38. The minimum absolute atomic E-state index is 0.315. The highest BCUT2D eigenvalue weighted by Gasteiger charge is 2.09. The average Bonchev–Trinajstić information content (AvgIpc) is 3.01. The monoisotopic (exact) mass is 559 g/mol. The van der Waals surface area contributed by atoms with Crippen molar-refractivity contribution >= 4 is 5.69 Å². The minimum atomic E-state index is 0.315. The van der Waals surface area contributed by atoms with Crippen LogP contribution in [0.15, 0.2) is 78.9 Å². The highest BCUT2D eigenvalue weighted by Crippen LogP contribution is 2.29. The number of ether oxygens (including phenoxy) is 7.